The van der Waals surface area contributed by atoms with E-state index in [-0.39, 0.29) is 24.4 Å². The molecule has 1 fully saturated rings. The van der Waals surface area contributed by atoms with Gasteiger partial charge in [-0.05, 0) is 42.8 Å². The first kappa shape index (κ1) is 29.7. The van der Waals surface area contributed by atoms with Crippen LogP contribution in [0, 0.1) is 11.7 Å². The SMILES string of the molecule is CCCCCOc1cc(N2CC(CNC(=O)c3ccnn3C)CN(Cc3cc(F)ccc3OC)C2=O)ccc1OC. The number of nitrogens with one attached hydrogen (secondary N) is 1. The number of hydrogen-bond donors (Lipinski definition) is 1. The van der Waals surface area contributed by atoms with Gasteiger partial charge in [-0.1, -0.05) is 19.8 Å². The molecule has 1 N–H and O–H groups in total. The molecule has 1 aromatic heterocycles. The molecule has 1 unspecified atom stereocenters. The van der Waals surface area contributed by atoms with Gasteiger partial charge in [0.05, 0.1) is 27.4 Å². The summed E-state index contributed by atoms with van der Waals surface area (Å²) >= 11 is 0. The van der Waals surface area contributed by atoms with E-state index in [9.17, 15) is 14.0 Å². The van der Waals surface area contributed by atoms with Gasteiger partial charge in [0.25, 0.3) is 5.91 Å². The third-order valence-corrected chi connectivity index (χ3v) is 7.09. The molecule has 0 bridgehead atoms. The monoisotopic (exact) mass is 567 g/mol. The topological polar surface area (TPSA) is 98.2 Å². The van der Waals surface area contributed by atoms with Crippen LogP contribution in [0.15, 0.2) is 48.7 Å². The van der Waals surface area contributed by atoms with Crippen LogP contribution in [0.25, 0.3) is 0 Å². The van der Waals surface area contributed by atoms with Crippen LogP contribution < -0.4 is 24.4 Å². The molecule has 0 saturated carbocycles. The zero-order valence-electron chi connectivity index (χ0n) is 24.1. The fraction of sp³-hybridized carbons (Fsp3) is 0.433. The highest BCUT2D eigenvalue weighted by atomic mass is 19.1. The van der Waals surface area contributed by atoms with E-state index in [0.29, 0.717) is 60.4 Å². The lowest BCUT2D eigenvalue weighted by Crippen LogP contribution is -2.55. The molecule has 3 aromatic rings. The second-order valence-electron chi connectivity index (χ2n) is 10.0. The molecular weight excluding hydrogens is 529 g/mol. The van der Waals surface area contributed by atoms with Gasteiger partial charge in [-0.15, -0.1) is 0 Å². The lowest BCUT2D eigenvalue weighted by Gasteiger charge is -2.40. The molecule has 0 radical (unpaired) electrons. The van der Waals surface area contributed by atoms with Gasteiger partial charge in [-0.25, -0.2) is 9.18 Å². The Morgan fingerprint density at radius 1 is 1.05 bits per heavy atom. The number of methoxy groups -OCH3 is 2. The van der Waals surface area contributed by atoms with Crippen LogP contribution in [0.4, 0.5) is 14.9 Å². The van der Waals surface area contributed by atoms with Crippen molar-refractivity contribution in [2.75, 3.05) is 45.4 Å². The minimum Gasteiger partial charge on any atom is -0.496 e. The molecule has 1 aliphatic rings. The van der Waals surface area contributed by atoms with Crippen molar-refractivity contribution in [3.63, 3.8) is 0 Å². The maximum absolute atomic E-state index is 14.1. The maximum atomic E-state index is 14.1. The quantitative estimate of drug-likeness (QED) is 0.303. The average Bonchev–Trinajstić information content (AvgIpc) is 3.41. The normalized spacial score (nSPS) is 15.1. The first-order chi connectivity index (χ1) is 19.8. The molecule has 2 heterocycles. The smallest absolute Gasteiger partial charge is 0.324 e. The minimum absolute atomic E-state index is 0.125. The fourth-order valence-electron chi connectivity index (χ4n) is 4.91. The van der Waals surface area contributed by atoms with E-state index in [4.69, 9.17) is 14.2 Å². The fourth-order valence-corrected chi connectivity index (χ4v) is 4.91. The predicted octanol–water partition coefficient (Wildman–Crippen LogP) is 4.63. The highest BCUT2D eigenvalue weighted by Gasteiger charge is 2.34. The second-order valence-corrected chi connectivity index (χ2v) is 10.0. The van der Waals surface area contributed by atoms with Gasteiger partial charge in [-0.3, -0.25) is 14.4 Å². The van der Waals surface area contributed by atoms with E-state index < -0.39 is 5.82 Å². The standard InChI is InChI=1S/C30H38FN5O5/c1-5-6-7-14-41-28-16-24(9-11-27(28)40-4)36-19-21(17-32-29(37)25-12-13-33-34(25)2)18-35(30(36)38)20-22-15-23(31)8-10-26(22)39-3/h8-13,15-16,21H,5-7,14,17-20H2,1-4H3,(H,32,37). The lowest BCUT2D eigenvalue weighted by atomic mass is 10.0. The van der Waals surface area contributed by atoms with E-state index >= 15 is 0 Å². The lowest BCUT2D eigenvalue weighted by molar-refractivity contribution is 0.0932. The van der Waals surface area contributed by atoms with Crippen LogP contribution in [0.2, 0.25) is 0 Å². The summed E-state index contributed by atoms with van der Waals surface area (Å²) in [7, 11) is 4.79. The molecule has 1 saturated heterocycles. The number of rotatable bonds is 13. The molecule has 1 aliphatic heterocycles. The zero-order chi connectivity index (χ0) is 29.4. The van der Waals surface area contributed by atoms with Crippen LogP contribution in [0.1, 0.15) is 42.2 Å². The maximum Gasteiger partial charge on any atom is 0.324 e. The Morgan fingerprint density at radius 3 is 2.54 bits per heavy atom. The van der Waals surface area contributed by atoms with Crippen molar-refractivity contribution >= 4 is 17.6 Å². The second kappa shape index (κ2) is 13.9. The number of aryl methyl sites for hydroxylation is 1. The van der Waals surface area contributed by atoms with Gasteiger partial charge in [0.15, 0.2) is 11.5 Å². The molecule has 3 amide bonds. The Hall–Kier alpha value is -4.28. The van der Waals surface area contributed by atoms with Gasteiger partial charge in [0, 0.05) is 56.1 Å². The Bertz CT molecular complexity index is 1350. The van der Waals surface area contributed by atoms with E-state index in [1.54, 1.807) is 54.4 Å². The summed E-state index contributed by atoms with van der Waals surface area (Å²) in [4.78, 5) is 29.9. The molecule has 1 atom stereocenters. The summed E-state index contributed by atoms with van der Waals surface area (Å²) in [5.41, 5.74) is 1.63. The number of urea groups is 1. The van der Waals surface area contributed by atoms with Crippen molar-refractivity contribution in [1.29, 1.82) is 0 Å². The van der Waals surface area contributed by atoms with Crippen molar-refractivity contribution in [2.24, 2.45) is 13.0 Å². The van der Waals surface area contributed by atoms with Gasteiger partial charge in [-0.2, -0.15) is 5.10 Å². The number of ether oxygens (including phenoxy) is 3. The summed E-state index contributed by atoms with van der Waals surface area (Å²) in [6.45, 7) is 3.85. The number of anilines is 1. The summed E-state index contributed by atoms with van der Waals surface area (Å²) in [5.74, 6) is 0.834. The third-order valence-electron chi connectivity index (χ3n) is 7.09. The van der Waals surface area contributed by atoms with Crippen molar-refractivity contribution < 1.29 is 28.2 Å². The molecule has 2 aromatic carbocycles. The number of carbonyl (C=O) groups is 2. The number of nitrogens with zero attached hydrogens (tertiary/aromatic N) is 4. The molecule has 11 heteroatoms. The molecule has 4 rings (SSSR count). The summed E-state index contributed by atoms with van der Waals surface area (Å²) in [6.07, 6.45) is 4.61. The number of benzene rings is 2. The van der Waals surface area contributed by atoms with Crippen LogP contribution >= 0.6 is 0 Å². The minimum atomic E-state index is -0.415. The molecule has 0 aliphatic carbocycles. The van der Waals surface area contributed by atoms with Crippen molar-refractivity contribution in [2.45, 2.75) is 32.7 Å². The van der Waals surface area contributed by atoms with Gasteiger partial charge in [0.1, 0.15) is 17.3 Å². The number of hydrogen-bond acceptors (Lipinski definition) is 6. The van der Waals surface area contributed by atoms with Crippen LogP contribution in [-0.2, 0) is 13.6 Å². The van der Waals surface area contributed by atoms with E-state index in [2.05, 4.69) is 17.3 Å². The summed E-state index contributed by atoms with van der Waals surface area (Å²) in [6, 6.07) is 11.1. The number of halogens is 1. The largest absolute Gasteiger partial charge is 0.496 e. The molecule has 41 heavy (non-hydrogen) atoms. The van der Waals surface area contributed by atoms with Gasteiger partial charge < -0.3 is 24.4 Å². The zero-order valence-corrected chi connectivity index (χ0v) is 24.1. The predicted molar refractivity (Wildman–Crippen MR) is 153 cm³/mol. The first-order valence-corrected chi connectivity index (χ1v) is 13.8. The highest BCUT2D eigenvalue weighted by Crippen LogP contribution is 2.34. The molecule has 0 spiro atoms. The van der Waals surface area contributed by atoms with Gasteiger partial charge >= 0.3 is 6.03 Å². The van der Waals surface area contributed by atoms with Crippen LogP contribution in [0.5, 0.6) is 17.2 Å². The molecule has 220 valence electrons. The van der Waals surface area contributed by atoms with E-state index in [0.717, 1.165) is 19.3 Å². The Labute approximate surface area is 240 Å². The van der Waals surface area contributed by atoms with E-state index in [1.165, 1.54) is 23.9 Å². The first-order valence-electron chi connectivity index (χ1n) is 13.8. The molecule has 10 nitrogen and oxygen atoms in total. The summed E-state index contributed by atoms with van der Waals surface area (Å²) < 4.78 is 32.6. The number of unbranched alkanes of at least 4 members (excludes halogenated alkanes) is 2. The average molecular weight is 568 g/mol. The van der Waals surface area contributed by atoms with E-state index in [1.807, 2.05) is 6.07 Å². The van der Waals surface area contributed by atoms with Crippen molar-refractivity contribution in [3.8, 4) is 17.2 Å². The third kappa shape index (κ3) is 7.27. The highest BCUT2D eigenvalue weighted by molar-refractivity contribution is 5.94. The van der Waals surface area contributed by atoms with Crippen molar-refractivity contribution in [1.82, 2.24) is 20.0 Å². The van der Waals surface area contributed by atoms with Crippen LogP contribution in [-0.4, -0.2) is 67.1 Å². The van der Waals surface area contributed by atoms with Crippen LogP contribution in [0.3, 0.4) is 0 Å². The Balaban J connectivity index is 1.59. The Kier molecular flexibility index (Phi) is 10.0. The van der Waals surface area contributed by atoms with Crippen molar-refractivity contribution in [3.05, 3.63) is 65.7 Å². The molecular formula is C30H38FN5O5. The number of carbonyl (C=O) groups excluding carboxylic acids is 2. The number of aromatic nitrogens is 2. The Morgan fingerprint density at radius 2 is 1.83 bits per heavy atom. The summed E-state index contributed by atoms with van der Waals surface area (Å²) in [5, 5.41) is 7.03. The number of amides is 3. The van der Waals surface area contributed by atoms with Gasteiger partial charge in [0.2, 0.25) is 0 Å².